The van der Waals surface area contributed by atoms with Crippen LogP contribution in [-0.4, -0.2) is 45.5 Å². The lowest BCUT2D eigenvalue weighted by molar-refractivity contribution is -0.121. The van der Waals surface area contributed by atoms with Gasteiger partial charge in [-0.15, -0.1) is 0 Å². The summed E-state index contributed by atoms with van der Waals surface area (Å²) in [6, 6.07) is 11.8. The fourth-order valence-corrected chi connectivity index (χ4v) is 3.80. The molecule has 2 rings (SSSR count). The van der Waals surface area contributed by atoms with Gasteiger partial charge in [-0.25, -0.2) is 13.8 Å². The predicted molar refractivity (Wildman–Crippen MR) is 109 cm³/mol. The zero-order valence-electron chi connectivity index (χ0n) is 15.8. The van der Waals surface area contributed by atoms with Gasteiger partial charge in [-0.2, -0.15) is 9.41 Å². The number of ether oxygens (including phenoxy) is 1. The van der Waals surface area contributed by atoms with Gasteiger partial charge >= 0.3 is 0 Å². The maximum Gasteiger partial charge on any atom is 0.255 e. The quantitative estimate of drug-likeness (QED) is 0.522. The predicted octanol–water partition coefficient (Wildman–Crippen LogP) is 2.68. The molecule has 0 saturated carbocycles. The third-order valence-corrected chi connectivity index (χ3v) is 6.08. The molecule has 0 spiro atoms. The molecule has 0 saturated heterocycles. The smallest absolute Gasteiger partial charge is 0.255 e. The second kappa shape index (κ2) is 9.68. The van der Waals surface area contributed by atoms with Crippen LogP contribution in [0.3, 0.4) is 0 Å². The van der Waals surface area contributed by atoms with Crippen molar-refractivity contribution in [3.8, 4) is 5.75 Å². The molecule has 0 aliphatic carbocycles. The van der Waals surface area contributed by atoms with E-state index in [4.69, 9.17) is 16.3 Å². The van der Waals surface area contributed by atoms with E-state index in [9.17, 15) is 13.2 Å². The highest BCUT2D eigenvalue weighted by Gasteiger charge is 2.23. The van der Waals surface area contributed by atoms with Crippen LogP contribution in [0.5, 0.6) is 5.75 Å². The van der Waals surface area contributed by atoms with Gasteiger partial charge in [-0.1, -0.05) is 42.8 Å². The Labute approximate surface area is 170 Å². The molecule has 2 aromatic rings. The van der Waals surface area contributed by atoms with E-state index in [1.807, 2.05) is 24.3 Å². The summed E-state index contributed by atoms with van der Waals surface area (Å²) in [4.78, 5) is 12.0. The molecule has 1 amide bonds. The second-order valence-electron chi connectivity index (χ2n) is 5.95. The van der Waals surface area contributed by atoms with Crippen LogP contribution in [0.1, 0.15) is 18.1 Å². The Hall–Kier alpha value is -2.42. The standard InChI is InChI=1S/C19H22ClN3O4S/c1-4-14-5-7-15(8-6-14)12-21-22-19(24)13-23(2)28(25,26)16-9-10-18(27-3)17(20)11-16/h5-12H,4,13H2,1-3H3,(H,22,24)/b21-12-. The number of aryl methyl sites for hydroxylation is 1. The number of nitrogens with one attached hydrogen (secondary N) is 1. The number of amides is 1. The number of methoxy groups -OCH3 is 1. The van der Waals surface area contributed by atoms with Gasteiger partial charge in [-0.05, 0) is 35.7 Å². The van der Waals surface area contributed by atoms with E-state index in [2.05, 4.69) is 17.5 Å². The molecule has 0 unspecified atom stereocenters. The van der Waals surface area contributed by atoms with Crippen LogP contribution >= 0.6 is 11.6 Å². The first-order valence-electron chi connectivity index (χ1n) is 8.48. The van der Waals surface area contributed by atoms with Crippen LogP contribution in [0.4, 0.5) is 0 Å². The monoisotopic (exact) mass is 423 g/mol. The topological polar surface area (TPSA) is 88.1 Å². The minimum atomic E-state index is -3.89. The van der Waals surface area contributed by atoms with Gasteiger partial charge in [0.2, 0.25) is 10.0 Å². The number of hydrogen-bond donors (Lipinski definition) is 1. The molecule has 0 radical (unpaired) electrons. The molecule has 0 atom stereocenters. The molecule has 150 valence electrons. The first-order valence-corrected chi connectivity index (χ1v) is 10.3. The van der Waals surface area contributed by atoms with E-state index in [0.717, 1.165) is 16.3 Å². The fraction of sp³-hybridized carbons (Fsp3) is 0.263. The van der Waals surface area contributed by atoms with Gasteiger partial charge in [0.1, 0.15) is 5.75 Å². The highest BCUT2D eigenvalue weighted by Crippen LogP contribution is 2.27. The molecule has 9 heteroatoms. The minimum Gasteiger partial charge on any atom is -0.495 e. The Kier molecular flexibility index (Phi) is 7.56. The van der Waals surface area contributed by atoms with Crippen LogP contribution in [0.15, 0.2) is 52.5 Å². The van der Waals surface area contributed by atoms with E-state index in [0.29, 0.717) is 5.75 Å². The van der Waals surface area contributed by atoms with Gasteiger partial charge in [0.15, 0.2) is 0 Å². The van der Waals surface area contributed by atoms with Crippen molar-refractivity contribution in [3.05, 3.63) is 58.6 Å². The number of likely N-dealkylation sites (N-methyl/N-ethyl adjacent to an activating group) is 1. The SMILES string of the molecule is CCc1ccc(/C=N\NC(=O)CN(C)S(=O)(=O)c2ccc(OC)c(Cl)c2)cc1. The Bertz CT molecular complexity index is 960. The van der Waals surface area contributed by atoms with Crippen molar-refractivity contribution in [1.82, 2.24) is 9.73 Å². The maximum atomic E-state index is 12.6. The number of halogens is 1. The van der Waals surface area contributed by atoms with E-state index >= 15 is 0 Å². The van der Waals surface area contributed by atoms with Crippen LogP contribution in [-0.2, 0) is 21.2 Å². The van der Waals surface area contributed by atoms with E-state index in [1.165, 1.54) is 44.1 Å². The lowest BCUT2D eigenvalue weighted by Crippen LogP contribution is -2.36. The normalized spacial score (nSPS) is 11.8. The van der Waals surface area contributed by atoms with Crippen LogP contribution in [0.2, 0.25) is 5.02 Å². The third kappa shape index (κ3) is 5.54. The van der Waals surface area contributed by atoms with E-state index in [1.54, 1.807) is 0 Å². The zero-order valence-corrected chi connectivity index (χ0v) is 17.4. The van der Waals surface area contributed by atoms with Crippen LogP contribution in [0, 0.1) is 0 Å². The van der Waals surface area contributed by atoms with Gasteiger partial charge in [0.25, 0.3) is 5.91 Å². The number of rotatable bonds is 8. The number of nitrogens with zero attached hydrogens (tertiary/aromatic N) is 2. The summed E-state index contributed by atoms with van der Waals surface area (Å²) >= 11 is 5.99. The van der Waals surface area contributed by atoms with Crippen LogP contribution < -0.4 is 10.2 Å². The van der Waals surface area contributed by atoms with Gasteiger partial charge in [0, 0.05) is 7.05 Å². The van der Waals surface area contributed by atoms with Gasteiger partial charge in [0.05, 0.1) is 29.8 Å². The highest BCUT2D eigenvalue weighted by molar-refractivity contribution is 7.89. The summed E-state index contributed by atoms with van der Waals surface area (Å²) in [5.41, 5.74) is 4.35. The lowest BCUT2D eigenvalue weighted by Gasteiger charge is -2.16. The molecule has 0 fully saturated rings. The summed E-state index contributed by atoms with van der Waals surface area (Å²) in [6.07, 6.45) is 2.43. The molecule has 7 nitrogen and oxygen atoms in total. The average molecular weight is 424 g/mol. The molecular weight excluding hydrogens is 402 g/mol. The van der Waals surface area contributed by atoms with E-state index in [-0.39, 0.29) is 9.92 Å². The number of carbonyl (C=O) groups is 1. The summed E-state index contributed by atoms with van der Waals surface area (Å²) in [6.45, 7) is 1.67. The van der Waals surface area contributed by atoms with Crippen molar-refractivity contribution in [2.24, 2.45) is 5.10 Å². The number of sulfonamides is 1. The number of hydrogen-bond acceptors (Lipinski definition) is 5. The second-order valence-corrected chi connectivity index (χ2v) is 8.40. The summed E-state index contributed by atoms with van der Waals surface area (Å²) in [5, 5.41) is 4.02. The summed E-state index contributed by atoms with van der Waals surface area (Å²) < 4.78 is 31.1. The Morgan fingerprint density at radius 1 is 1.25 bits per heavy atom. The van der Waals surface area contributed by atoms with Crippen molar-refractivity contribution < 1.29 is 17.9 Å². The molecule has 0 aliphatic heterocycles. The fourth-order valence-electron chi connectivity index (χ4n) is 2.33. The average Bonchev–Trinajstić information content (AvgIpc) is 2.68. The minimum absolute atomic E-state index is 0.0342. The van der Waals surface area contributed by atoms with Crippen molar-refractivity contribution in [2.45, 2.75) is 18.2 Å². The molecular formula is C19H22ClN3O4S. The van der Waals surface area contributed by atoms with Crippen LogP contribution in [0.25, 0.3) is 0 Å². The van der Waals surface area contributed by atoms with Gasteiger partial charge in [-0.3, -0.25) is 4.79 Å². The lowest BCUT2D eigenvalue weighted by atomic mass is 10.1. The summed E-state index contributed by atoms with van der Waals surface area (Å²) in [7, 11) is -1.14. The first-order chi connectivity index (χ1) is 13.3. The molecule has 0 heterocycles. The summed E-state index contributed by atoms with van der Waals surface area (Å²) in [5.74, 6) is -0.200. The number of hydrazone groups is 1. The van der Waals surface area contributed by atoms with Crippen molar-refractivity contribution >= 4 is 33.7 Å². The van der Waals surface area contributed by atoms with E-state index < -0.39 is 22.5 Å². The molecule has 0 aromatic heterocycles. The molecule has 0 bridgehead atoms. The van der Waals surface area contributed by atoms with Crippen molar-refractivity contribution in [3.63, 3.8) is 0 Å². The van der Waals surface area contributed by atoms with Crippen molar-refractivity contribution in [1.29, 1.82) is 0 Å². The van der Waals surface area contributed by atoms with Gasteiger partial charge < -0.3 is 4.74 Å². The Balaban J connectivity index is 1.98. The number of carbonyl (C=O) groups excluding carboxylic acids is 1. The molecule has 2 aromatic carbocycles. The maximum absolute atomic E-state index is 12.6. The molecule has 28 heavy (non-hydrogen) atoms. The first kappa shape index (κ1) is 21.9. The molecule has 0 aliphatic rings. The Morgan fingerprint density at radius 3 is 2.50 bits per heavy atom. The zero-order chi connectivity index (χ0) is 20.7. The third-order valence-electron chi connectivity index (χ3n) is 3.99. The largest absolute Gasteiger partial charge is 0.495 e. The Morgan fingerprint density at radius 2 is 1.93 bits per heavy atom. The van der Waals surface area contributed by atoms with Crippen molar-refractivity contribution in [2.75, 3.05) is 20.7 Å². The highest BCUT2D eigenvalue weighted by atomic mass is 35.5. The molecule has 1 N–H and O–H groups in total. The number of benzene rings is 2.